The van der Waals surface area contributed by atoms with E-state index in [1.165, 1.54) is 0 Å². The third kappa shape index (κ3) is 3.19. The summed E-state index contributed by atoms with van der Waals surface area (Å²) < 4.78 is 26.2. The van der Waals surface area contributed by atoms with E-state index in [0.717, 1.165) is 5.47 Å². The van der Waals surface area contributed by atoms with Crippen LogP contribution in [-0.4, -0.2) is 31.9 Å². The Balaban J connectivity index is 2.35. The lowest BCUT2D eigenvalue weighted by atomic mass is 9.77. The molecule has 3 N–H and O–H groups in total. The van der Waals surface area contributed by atoms with Gasteiger partial charge in [0.1, 0.15) is 0 Å². The van der Waals surface area contributed by atoms with E-state index in [9.17, 15) is 4.39 Å². The first-order valence-corrected chi connectivity index (χ1v) is 7.42. The van der Waals surface area contributed by atoms with Crippen LogP contribution in [0.5, 0.6) is 0 Å². The van der Waals surface area contributed by atoms with Gasteiger partial charge in [-0.05, 0) is 46.3 Å². The Morgan fingerprint density at radius 3 is 2.41 bits per heavy atom. The first kappa shape index (κ1) is 17.0. The highest BCUT2D eigenvalue weighted by Gasteiger charge is 2.52. The van der Waals surface area contributed by atoms with Gasteiger partial charge in [-0.2, -0.15) is 0 Å². The van der Waals surface area contributed by atoms with Gasteiger partial charge in [-0.3, -0.25) is 0 Å². The smallest absolute Gasteiger partial charge is 0.400 e. The molecule has 1 saturated heterocycles. The molecule has 6 heteroatoms. The zero-order valence-corrected chi connectivity index (χ0v) is 13.9. The third-order valence-electron chi connectivity index (χ3n) is 4.34. The van der Waals surface area contributed by atoms with Crippen LogP contribution in [0, 0.1) is 5.82 Å². The molecule has 2 rings (SSSR count). The molecule has 0 unspecified atom stereocenters. The van der Waals surface area contributed by atoms with Crippen molar-refractivity contribution in [2.45, 2.75) is 38.9 Å². The van der Waals surface area contributed by atoms with Crippen molar-refractivity contribution in [3.05, 3.63) is 35.1 Å². The summed E-state index contributed by atoms with van der Waals surface area (Å²) in [7, 11) is 1.31. The summed E-state index contributed by atoms with van der Waals surface area (Å²) in [4.78, 5) is 0. The van der Waals surface area contributed by atoms with Crippen LogP contribution in [0.3, 0.4) is 0 Å². The molecule has 0 saturated carbocycles. The zero-order chi connectivity index (χ0) is 16.5. The van der Waals surface area contributed by atoms with Crippen LogP contribution in [0.4, 0.5) is 10.1 Å². The van der Waals surface area contributed by atoms with E-state index >= 15 is 0 Å². The maximum absolute atomic E-state index is 14.1. The van der Waals surface area contributed by atoms with Crippen LogP contribution in [0.2, 0.25) is 0 Å². The van der Waals surface area contributed by atoms with Crippen molar-refractivity contribution in [1.82, 2.24) is 5.32 Å². The molecule has 1 aliphatic heterocycles. The molecule has 1 aromatic carbocycles. The molecule has 0 aliphatic carbocycles. The third-order valence-corrected chi connectivity index (χ3v) is 4.34. The largest absolute Gasteiger partial charge is 0.491 e. The van der Waals surface area contributed by atoms with Crippen molar-refractivity contribution < 1.29 is 13.7 Å². The number of likely N-dealkylation sites (N-methyl/N-ethyl adjacent to an activating group) is 1. The number of halogens is 1. The van der Waals surface area contributed by atoms with Crippen molar-refractivity contribution in [2.75, 3.05) is 19.3 Å². The Bertz CT molecular complexity index is 572. The SMILES string of the molecule is CNCC(=Cc1cccc(N)c1F)B1OC(C)(C)C(C)(C)O1. The van der Waals surface area contributed by atoms with Crippen molar-refractivity contribution in [3.8, 4) is 0 Å². The average molecular weight is 306 g/mol. The van der Waals surface area contributed by atoms with E-state index in [4.69, 9.17) is 15.0 Å². The van der Waals surface area contributed by atoms with E-state index in [1.54, 1.807) is 24.3 Å². The Kier molecular flexibility index (Phi) is 4.66. The molecular weight excluding hydrogens is 282 g/mol. The summed E-state index contributed by atoms with van der Waals surface area (Å²) in [5, 5.41) is 3.07. The number of nitrogens with two attached hydrogens (primary N) is 1. The Hall–Kier alpha value is -1.37. The highest BCUT2D eigenvalue weighted by molar-refractivity contribution is 6.55. The summed E-state index contributed by atoms with van der Waals surface area (Å²) >= 11 is 0. The van der Waals surface area contributed by atoms with Gasteiger partial charge in [-0.25, -0.2) is 4.39 Å². The van der Waals surface area contributed by atoms with Gasteiger partial charge in [0.25, 0.3) is 0 Å². The second-order valence-electron chi connectivity index (χ2n) is 6.59. The number of benzene rings is 1. The molecule has 0 bridgehead atoms. The van der Waals surface area contributed by atoms with Crippen molar-refractivity contribution in [3.63, 3.8) is 0 Å². The van der Waals surface area contributed by atoms with E-state index < -0.39 is 24.1 Å². The molecule has 0 amide bonds. The molecule has 0 spiro atoms. The van der Waals surface area contributed by atoms with E-state index in [-0.39, 0.29) is 5.69 Å². The minimum absolute atomic E-state index is 0.131. The molecular formula is C16H24BFN2O2. The summed E-state index contributed by atoms with van der Waals surface area (Å²) in [6, 6.07) is 4.96. The van der Waals surface area contributed by atoms with Crippen LogP contribution in [0.25, 0.3) is 6.08 Å². The normalized spacial score (nSPS) is 20.5. The molecule has 0 radical (unpaired) electrons. The van der Waals surface area contributed by atoms with Crippen LogP contribution >= 0.6 is 0 Å². The van der Waals surface area contributed by atoms with Gasteiger partial charge in [-0.15, -0.1) is 0 Å². The molecule has 0 atom stereocenters. The fraction of sp³-hybridized carbons (Fsp3) is 0.500. The minimum atomic E-state index is -0.515. The summed E-state index contributed by atoms with van der Waals surface area (Å²) in [5.74, 6) is -0.423. The molecule has 1 aromatic rings. The van der Waals surface area contributed by atoms with E-state index in [2.05, 4.69) is 5.32 Å². The van der Waals surface area contributed by atoms with Gasteiger partial charge in [0, 0.05) is 12.1 Å². The van der Waals surface area contributed by atoms with Gasteiger partial charge < -0.3 is 20.4 Å². The quantitative estimate of drug-likeness (QED) is 0.663. The number of nitrogens with one attached hydrogen (secondary N) is 1. The van der Waals surface area contributed by atoms with Crippen LogP contribution in [0.15, 0.2) is 23.7 Å². The monoisotopic (exact) mass is 306 g/mol. The number of nitrogen functional groups attached to an aromatic ring is 1. The number of rotatable bonds is 4. The maximum atomic E-state index is 14.1. The molecule has 1 aliphatic rings. The van der Waals surface area contributed by atoms with Gasteiger partial charge in [-0.1, -0.05) is 18.2 Å². The number of hydrogen-bond donors (Lipinski definition) is 2. The number of anilines is 1. The van der Waals surface area contributed by atoms with Crippen molar-refractivity contribution >= 4 is 18.9 Å². The molecule has 4 nitrogen and oxygen atoms in total. The summed E-state index contributed by atoms with van der Waals surface area (Å²) in [6.45, 7) is 8.50. The van der Waals surface area contributed by atoms with E-state index in [1.807, 2.05) is 34.7 Å². The lowest BCUT2D eigenvalue weighted by molar-refractivity contribution is 0.00578. The van der Waals surface area contributed by atoms with Gasteiger partial charge >= 0.3 is 7.12 Å². The fourth-order valence-electron chi connectivity index (χ4n) is 2.28. The van der Waals surface area contributed by atoms with Gasteiger partial charge in [0.15, 0.2) is 5.82 Å². The average Bonchev–Trinajstić information content (AvgIpc) is 2.63. The highest BCUT2D eigenvalue weighted by atomic mass is 19.1. The van der Waals surface area contributed by atoms with E-state index in [0.29, 0.717) is 12.1 Å². The first-order chi connectivity index (χ1) is 10.2. The van der Waals surface area contributed by atoms with Crippen LogP contribution < -0.4 is 11.1 Å². The molecule has 22 heavy (non-hydrogen) atoms. The fourth-order valence-corrected chi connectivity index (χ4v) is 2.28. The first-order valence-electron chi connectivity index (χ1n) is 7.42. The van der Waals surface area contributed by atoms with Gasteiger partial charge in [0.2, 0.25) is 0 Å². The summed E-state index contributed by atoms with van der Waals surface area (Å²) in [5.41, 5.74) is 6.15. The Morgan fingerprint density at radius 1 is 1.27 bits per heavy atom. The lowest BCUT2D eigenvalue weighted by Crippen LogP contribution is -2.41. The molecule has 1 fully saturated rings. The number of hydrogen-bond acceptors (Lipinski definition) is 4. The van der Waals surface area contributed by atoms with Crippen LogP contribution in [0.1, 0.15) is 33.3 Å². The molecule has 0 aromatic heterocycles. The molecule has 120 valence electrons. The molecule has 1 heterocycles. The van der Waals surface area contributed by atoms with Crippen LogP contribution in [-0.2, 0) is 9.31 Å². The minimum Gasteiger partial charge on any atom is -0.400 e. The lowest BCUT2D eigenvalue weighted by Gasteiger charge is -2.32. The summed E-state index contributed by atoms with van der Waals surface area (Å²) in [6.07, 6.45) is 1.74. The highest BCUT2D eigenvalue weighted by Crippen LogP contribution is 2.38. The van der Waals surface area contributed by atoms with Crippen molar-refractivity contribution in [1.29, 1.82) is 0 Å². The second kappa shape index (κ2) is 6.03. The standard InChI is InChI=1S/C16H24BFN2O2/c1-15(2)16(3,4)22-17(21-15)12(10-20-5)9-11-7-6-8-13(19)14(11)18/h6-9,20H,10,19H2,1-5H3. The Morgan fingerprint density at radius 2 is 1.86 bits per heavy atom. The topological polar surface area (TPSA) is 56.5 Å². The zero-order valence-electron chi connectivity index (χ0n) is 13.9. The Labute approximate surface area is 132 Å². The maximum Gasteiger partial charge on any atom is 0.491 e. The van der Waals surface area contributed by atoms with Gasteiger partial charge in [0.05, 0.1) is 16.9 Å². The predicted molar refractivity (Wildman–Crippen MR) is 88.8 cm³/mol. The van der Waals surface area contributed by atoms with Crippen molar-refractivity contribution in [2.24, 2.45) is 0 Å². The second-order valence-corrected chi connectivity index (χ2v) is 6.59. The predicted octanol–water partition coefficient (Wildman–Crippen LogP) is 2.64.